The van der Waals surface area contributed by atoms with Crippen LogP contribution in [0.15, 0.2) is 70.8 Å². The van der Waals surface area contributed by atoms with E-state index in [1.54, 1.807) is 26.0 Å². The number of hydrogen-bond donors (Lipinski definition) is 2. The van der Waals surface area contributed by atoms with Crippen LogP contribution in [0, 0.1) is 6.92 Å². The number of likely N-dealkylation sites (tertiary alicyclic amines) is 1. The molecule has 3 rings (SSSR count). The smallest absolute Gasteiger partial charge is 0.355 e. The van der Waals surface area contributed by atoms with Gasteiger partial charge in [-0.05, 0) is 44.0 Å². The van der Waals surface area contributed by atoms with Crippen LogP contribution in [0.25, 0.3) is 0 Å². The largest absolute Gasteiger partial charge is 0.456 e. The third-order valence-corrected chi connectivity index (χ3v) is 5.84. The van der Waals surface area contributed by atoms with Crippen molar-refractivity contribution in [2.24, 2.45) is 5.73 Å². The fraction of sp³-hybridized carbons (Fsp3) is 0.273. The Kier molecular flexibility index (Phi) is 8.57. The van der Waals surface area contributed by atoms with E-state index in [1.165, 1.54) is 17.0 Å². The van der Waals surface area contributed by atoms with Gasteiger partial charge in [-0.25, -0.2) is 4.79 Å². The fourth-order valence-electron chi connectivity index (χ4n) is 2.76. The lowest BCUT2D eigenvalue weighted by molar-refractivity contribution is -0.151. The van der Waals surface area contributed by atoms with Gasteiger partial charge in [0, 0.05) is 0 Å². The molecule has 172 valence electrons. The second kappa shape index (κ2) is 10.7. The molecule has 1 saturated heterocycles. The lowest BCUT2D eigenvalue weighted by Gasteiger charge is -2.42. The predicted molar refractivity (Wildman–Crippen MR) is 120 cm³/mol. The third kappa shape index (κ3) is 6.39. The van der Waals surface area contributed by atoms with Gasteiger partial charge in [0.15, 0.2) is 0 Å². The van der Waals surface area contributed by atoms with E-state index >= 15 is 0 Å². The summed E-state index contributed by atoms with van der Waals surface area (Å²) < 4.78 is 34.8. The van der Waals surface area contributed by atoms with Crippen LogP contribution >= 0.6 is 11.6 Å². The third-order valence-electron chi connectivity index (χ3n) is 4.51. The van der Waals surface area contributed by atoms with Crippen LogP contribution in [-0.4, -0.2) is 41.3 Å². The zero-order chi connectivity index (χ0) is 24.1. The van der Waals surface area contributed by atoms with Crippen LogP contribution in [0.2, 0.25) is 0 Å². The first kappa shape index (κ1) is 25.5. The Morgan fingerprint density at radius 3 is 2.16 bits per heavy atom. The van der Waals surface area contributed by atoms with Gasteiger partial charge in [0.25, 0.3) is 10.1 Å². The van der Waals surface area contributed by atoms with Gasteiger partial charge in [0.05, 0.1) is 4.90 Å². The molecule has 32 heavy (non-hydrogen) atoms. The predicted octanol–water partition coefficient (Wildman–Crippen LogP) is 3.00. The number of carbonyl (C=O) groups excluding carboxylic acids is 2. The molecule has 1 aliphatic heterocycles. The van der Waals surface area contributed by atoms with E-state index in [-0.39, 0.29) is 23.1 Å². The van der Waals surface area contributed by atoms with E-state index in [0.29, 0.717) is 5.57 Å². The van der Waals surface area contributed by atoms with Crippen LogP contribution in [-0.2, 0) is 31.1 Å². The van der Waals surface area contributed by atoms with Gasteiger partial charge in [-0.2, -0.15) is 8.42 Å². The van der Waals surface area contributed by atoms with Gasteiger partial charge in [0.1, 0.15) is 23.8 Å². The minimum atomic E-state index is -4.02. The zero-order valence-electron chi connectivity index (χ0n) is 17.9. The Labute approximate surface area is 192 Å². The summed E-state index contributed by atoms with van der Waals surface area (Å²) in [6, 6.07) is 14.5. The average molecular weight is 481 g/mol. The van der Waals surface area contributed by atoms with Crippen molar-refractivity contribution in [3.63, 3.8) is 0 Å². The number of rotatable bonds is 5. The van der Waals surface area contributed by atoms with E-state index in [1.807, 2.05) is 37.3 Å². The van der Waals surface area contributed by atoms with Crippen molar-refractivity contribution in [3.05, 3.63) is 77.0 Å². The molecule has 1 unspecified atom stereocenters. The van der Waals surface area contributed by atoms with Crippen LogP contribution < -0.4 is 5.73 Å². The van der Waals surface area contributed by atoms with Gasteiger partial charge in [0.2, 0.25) is 5.91 Å². The summed E-state index contributed by atoms with van der Waals surface area (Å²) in [4.78, 5) is 25.1. The highest BCUT2D eigenvalue weighted by molar-refractivity contribution is 7.85. The van der Waals surface area contributed by atoms with Gasteiger partial charge in [-0.1, -0.05) is 59.6 Å². The molecule has 0 radical (unpaired) electrons. The van der Waals surface area contributed by atoms with Crippen molar-refractivity contribution in [3.8, 4) is 0 Å². The van der Waals surface area contributed by atoms with Crippen molar-refractivity contribution in [2.75, 3.05) is 0 Å². The van der Waals surface area contributed by atoms with Gasteiger partial charge in [-0.3, -0.25) is 14.2 Å². The Bertz CT molecular complexity index is 1100. The lowest BCUT2D eigenvalue weighted by Crippen LogP contribution is -2.66. The second-order valence-corrected chi connectivity index (χ2v) is 9.17. The first-order chi connectivity index (χ1) is 14.9. The number of aryl methyl sites for hydroxylation is 1. The number of benzene rings is 2. The molecule has 1 heterocycles. The maximum Gasteiger partial charge on any atom is 0.355 e. The van der Waals surface area contributed by atoms with E-state index in [9.17, 15) is 18.0 Å². The maximum absolute atomic E-state index is 12.2. The number of β-lactam (4-membered cyclic amide) rings is 1. The molecule has 1 amide bonds. The molecule has 10 heteroatoms. The maximum atomic E-state index is 12.2. The minimum absolute atomic E-state index is 0.0666. The topological polar surface area (TPSA) is 127 Å². The molecule has 2 aromatic rings. The van der Waals surface area contributed by atoms with Gasteiger partial charge < -0.3 is 10.5 Å². The summed E-state index contributed by atoms with van der Waals surface area (Å²) in [6.45, 7) is 5.42. The van der Waals surface area contributed by atoms with E-state index in [4.69, 9.17) is 26.6 Å². The molecule has 2 aromatic carbocycles. The molecular formula is C22H25ClN2O6S. The summed E-state index contributed by atoms with van der Waals surface area (Å²) in [5.74, 6) is -0.951. The van der Waals surface area contributed by atoms with Crippen molar-refractivity contribution < 1.29 is 27.3 Å². The van der Waals surface area contributed by atoms with Crippen molar-refractivity contribution in [2.45, 2.75) is 43.8 Å². The fourth-order valence-corrected chi connectivity index (χ4v) is 3.54. The summed E-state index contributed by atoms with van der Waals surface area (Å²) in [5, 5.41) is 0. The Morgan fingerprint density at radius 1 is 1.12 bits per heavy atom. The molecule has 2 atom stereocenters. The van der Waals surface area contributed by atoms with E-state index < -0.39 is 27.6 Å². The van der Waals surface area contributed by atoms with Gasteiger partial charge >= 0.3 is 5.97 Å². The summed E-state index contributed by atoms with van der Waals surface area (Å²) in [5.41, 5.74) is 7.49. The molecule has 0 aliphatic carbocycles. The molecular weight excluding hydrogens is 456 g/mol. The van der Waals surface area contributed by atoms with Crippen molar-refractivity contribution in [1.29, 1.82) is 0 Å². The lowest BCUT2D eigenvalue weighted by atomic mass is 10.1. The minimum Gasteiger partial charge on any atom is -0.456 e. The number of hydrogen-bond acceptors (Lipinski definition) is 6. The number of halogens is 1. The van der Waals surface area contributed by atoms with Crippen molar-refractivity contribution >= 4 is 33.6 Å². The van der Waals surface area contributed by atoms with Gasteiger partial charge in [-0.15, -0.1) is 0 Å². The first-order valence-corrected chi connectivity index (χ1v) is 11.5. The number of nitrogens with zero attached hydrogens (tertiary/aromatic N) is 1. The van der Waals surface area contributed by atoms with E-state index in [2.05, 4.69) is 0 Å². The monoisotopic (exact) mass is 480 g/mol. The SMILES string of the molecule is CC(C)=C(C(=O)OCc1ccccc1)N1C(=O)[C@H](N)C1Cl.Cc1ccc(S(=O)(=O)O)cc1. The molecule has 3 N–H and O–H groups in total. The molecule has 1 aliphatic rings. The van der Waals surface area contributed by atoms with Crippen LogP contribution in [0.5, 0.6) is 0 Å². The molecule has 1 fully saturated rings. The van der Waals surface area contributed by atoms with E-state index in [0.717, 1.165) is 11.1 Å². The van der Waals surface area contributed by atoms with Crippen LogP contribution in [0.3, 0.4) is 0 Å². The summed E-state index contributed by atoms with van der Waals surface area (Å²) in [6.07, 6.45) is 0. The molecule has 0 bridgehead atoms. The van der Waals surface area contributed by atoms with Crippen molar-refractivity contribution in [1.82, 2.24) is 4.90 Å². The summed E-state index contributed by atoms with van der Waals surface area (Å²) >= 11 is 6.00. The number of amides is 1. The Balaban J connectivity index is 0.000000278. The standard InChI is InChI=1S/C15H17ClN2O3.C7H8O3S/c1-9(2)12(18-13(16)11(17)14(18)19)15(20)21-8-10-6-4-3-5-7-10;1-6-2-4-7(5-3-6)11(8,9)10/h3-7,11,13H,8,17H2,1-2H3;2-5H,1H3,(H,8,9,10)/t11-,13?;/m1./s1. The highest BCUT2D eigenvalue weighted by Gasteiger charge is 2.48. The number of alkyl halides is 1. The number of ether oxygens (including phenoxy) is 1. The second-order valence-electron chi connectivity index (χ2n) is 7.31. The highest BCUT2D eigenvalue weighted by atomic mass is 35.5. The highest BCUT2D eigenvalue weighted by Crippen LogP contribution is 2.29. The Hall–Kier alpha value is -2.72. The summed E-state index contributed by atoms with van der Waals surface area (Å²) in [7, 11) is -4.02. The first-order valence-electron chi connectivity index (χ1n) is 9.59. The average Bonchev–Trinajstić information content (AvgIpc) is 2.75. The number of allylic oxidation sites excluding steroid dienone is 1. The zero-order valence-corrected chi connectivity index (χ0v) is 19.4. The molecule has 8 nitrogen and oxygen atoms in total. The quantitative estimate of drug-likeness (QED) is 0.168. The number of nitrogens with two attached hydrogens (primary N) is 1. The Morgan fingerprint density at radius 2 is 1.69 bits per heavy atom. The van der Waals surface area contributed by atoms with Crippen LogP contribution in [0.4, 0.5) is 0 Å². The molecule has 0 saturated carbocycles. The number of esters is 1. The number of carbonyl (C=O) groups is 2. The van der Waals surface area contributed by atoms with Crippen LogP contribution in [0.1, 0.15) is 25.0 Å². The molecule has 0 aromatic heterocycles. The molecule has 0 spiro atoms. The normalized spacial score (nSPS) is 17.6.